The second-order valence-electron chi connectivity index (χ2n) is 12.8. The second kappa shape index (κ2) is 10.4. The van der Waals surface area contributed by atoms with E-state index in [0.717, 1.165) is 11.4 Å². The highest BCUT2D eigenvalue weighted by Gasteiger charge is 2.53. The van der Waals surface area contributed by atoms with E-state index in [0.29, 0.717) is 0 Å². The van der Waals surface area contributed by atoms with Gasteiger partial charge >= 0.3 is 0 Å². The summed E-state index contributed by atoms with van der Waals surface area (Å²) in [4.78, 5) is 2.50. The SMILES string of the molecule is c1ccc(-c2c(N(c3ccccc3)c3ccccc3)c3c(c4ccccc24)C2(c4ccccc4-c4ccccc42)c2ccccc2-3)cc1. The molecule has 1 nitrogen and oxygen atoms in total. The van der Waals surface area contributed by atoms with E-state index in [-0.39, 0.29) is 0 Å². The average Bonchev–Trinajstić information content (AvgIpc) is 3.64. The Morgan fingerprint density at radius 2 is 0.750 bits per heavy atom. The predicted octanol–water partition coefficient (Wildman–Crippen LogP) is 12.3. The van der Waals surface area contributed by atoms with Crippen molar-refractivity contribution >= 4 is 27.8 Å². The van der Waals surface area contributed by atoms with Gasteiger partial charge in [0.25, 0.3) is 0 Å². The molecular weight excluding hydrogens is 579 g/mol. The van der Waals surface area contributed by atoms with Crippen LogP contribution in [0, 0.1) is 0 Å². The highest BCUT2D eigenvalue weighted by molar-refractivity contribution is 6.17. The molecule has 0 saturated heterocycles. The molecule has 0 unspecified atom stereocenters. The molecule has 0 bridgehead atoms. The summed E-state index contributed by atoms with van der Waals surface area (Å²) in [6.45, 7) is 0. The van der Waals surface area contributed by atoms with Gasteiger partial charge in [-0.2, -0.15) is 0 Å². The lowest BCUT2D eigenvalue weighted by Crippen LogP contribution is -2.26. The summed E-state index contributed by atoms with van der Waals surface area (Å²) in [6, 6.07) is 69.1. The standard InChI is InChI=1S/C47H31N/c1-4-18-32(19-5-1)43-37-26-10-11-27-38(37)45-44(46(43)48(33-20-6-2-7-21-33)34-22-8-3-9-23-34)39-28-14-17-31-42(39)47(45)40-29-15-12-24-35(40)36-25-13-16-30-41(36)47/h1-31H. The van der Waals surface area contributed by atoms with E-state index in [4.69, 9.17) is 0 Å². The minimum Gasteiger partial charge on any atom is -0.309 e. The summed E-state index contributed by atoms with van der Waals surface area (Å²) in [7, 11) is 0. The Labute approximate surface area is 281 Å². The molecule has 0 saturated carbocycles. The van der Waals surface area contributed by atoms with E-state index in [9.17, 15) is 0 Å². The molecular formula is C47H31N. The van der Waals surface area contributed by atoms with E-state index >= 15 is 0 Å². The van der Waals surface area contributed by atoms with E-state index in [1.54, 1.807) is 0 Å². The van der Waals surface area contributed by atoms with Crippen LogP contribution in [0.25, 0.3) is 44.2 Å². The van der Waals surface area contributed by atoms with Crippen LogP contribution in [0.5, 0.6) is 0 Å². The molecule has 48 heavy (non-hydrogen) atoms. The van der Waals surface area contributed by atoms with Crippen molar-refractivity contribution in [1.82, 2.24) is 0 Å². The minimum absolute atomic E-state index is 0.471. The van der Waals surface area contributed by atoms with Gasteiger partial charge in [0.1, 0.15) is 0 Å². The number of benzene rings is 8. The first-order valence-electron chi connectivity index (χ1n) is 16.7. The maximum atomic E-state index is 2.50. The molecule has 0 radical (unpaired) electrons. The lowest BCUT2D eigenvalue weighted by Gasteiger charge is -2.35. The van der Waals surface area contributed by atoms with Gasteiger partial charge in [-0.05, 0) is 79.5 Å². The third-order valence-electron chi connectivity index (χ3n) is 10.4. The molecule has 1 spiro atoms. The Balaban J connectivity index is 1.48. The van der Waals surface area contributed by atoms with Crippen LogP contribution >= 0.6 is 0 Å². The highest BCUT2D eigenvalue weighted by atomic mass is 15.1. The van der Waals surface area contributed by atoms with Gasteiger partial charge in [0.2, 0.25) is 0 Å². The number of nitrogens with zero attached hydrogens (tertiary/aromatic N) is 1. The second-order valence-corrected chi connectivity index (χ2v) is 12.8. The third-order valence-corrected chi connectivity index (χ3v) is 10.4. The number of fused-ring (bicyclic) bond motifs is 12. The van der Waals surface area contributed by atoms with Crippen molar-refractivity contribution in [1.29, 1.82) is 0 Å². The zero-order valence-corrected chi connectivity index (χ0v) is 26.3. The highest BCUT2D eigenvalue weighted by Crippen LogP contribution is 2.67. The molecule has 2 aliphatic carbocycles. The van der Waals surface area contributed by atoms with Crippen LogP contribution in [0.15, 0.2) is 188 Å². The quantitative estimate of drug-likeness (QED) is 0.192. The molecule has 0 heterocycles. The van der Waals surface area contributed by atoms with Crippen molar-refractivity contribution in [3.8, 4) is 33.4 Å². The van der Waals surface area contributed by atoms with Crippen LogP contribution in [0.1, 0.15) is 22.3 Å². The first-order chi connectivity index (χ1) is 23.9. The maximum Gasteiger partial charge on any atom is 0.0732 e. The Morgan fingerprint density at radius 3 is 1.31 bits per heavy atom. The van der Waals surface area contributed by atoms with E-state index in [1.165, 1.54) is 72.1 Å². The summed E-state index contributed by atoms with van der Waals surface area (Å²) >= 11 is 0. The molecule has 0 aromatic heterocycles. The van der Waals surface area contributed by atoms with Crippen LogP contribution in [0.4, 0.5) is 17.1 Å². The van der Waals surface area contributed by atoms with Gasteiger partial charge in [-0.1, -0.05) is 164 Å². The lowest BCUT2D eigenvalue weighted by molar-refractivity contribution is 0.801. The summed E-state index contributed by atoms with van der Waals surface area (Å²) in [5.74, 6) is 0. The average molecular weight is 610 g/mol. The van der Waals surface area contributed by atoms with Crippen molar-refractivity contribution in [2.24, 2.45) is 0 Å². The predicted molar refractivity (Wildman–Crippen MR) is 200 cm³/mol. The fourth-order valence-corrected chi connectivity index (χ4v) is 8.72. The van der Waals surface area contributed by atoms with Crippen LogP contribution in [-0.4, -0.2) is 0 Å². The largest absolute Gasteiger partial charge is 0.309 e. The Bertz CT molecular complexity index is 2410. The zero-order valence-electron chi connectivity index (χ0n) is 26.3. The zero-order chi connectivity index (χ0) is 31.7. The van der Waals surface area contributed by atoms with Crippen LogP contribution in [-0.2, 0) is 5.41 Å². The van der Waals surface area contributed by atoms with E-state index in [1.807, 2.05) is 0 Å². The van der Waals surface area contributed by atoms with Gasteiger partial charge in [0.05, 0.1) is 11.1 Å². The molecule has 1 heteroatoms. The molecule has 8 aromatic carbocycles. The van der Waals surface area contributed by atoms with Crippen molar-refractivity contribution < 1.29 is 0 Å². The van der Waals surface area contributed by atoms with Crippen molar-refractivity contribution in [2.45, 2.75) is 5.41 Å². The molecule has 8 aromatic rings. The molecule has 0 atom stereocenters. The fraction of sp³-hybridized carbons (Fsp3) is 0.0213. The van der Waals surface area contributed by atoms with Crippen molar-refractivity contribution in [3.63, 3.8) is 0 Å². The van der Waals surface area contributed by atoms with Crippen molar-refractivity contribution in [2.75, 3.05) is 4.90 Å². The molecule has 10 rings (SSSR count). The summed E-state index contributed by atoms with van der Waals surface area (Å²) < 4.78 is 0. The van der Waals surface area contributed by atoms with Crippen LogP contribution in [0.2, 0.25) is 0 Å². The molecule has 0 N–H and O–H groups in total. The van der Waals surface area contributed by atoms with Crippen molar-refractivity contribution in [3.05, 3.63) is 210 Å². The monoisotopic (exact) mass is 609 g/mol. The Kier molecular flexibility index (Phi) is 5.86. The fourth-order valence-electron chi connectivity index (χ4n) is 8.72. The first kappa shape index (κ1) is 27.0. The molecule has 0 amide bonds. The third kappa shape index (κ3) is 3.56. The number of rotatable bonds is 4. The summed E-state index contributed by atoms with van der Waals surface area (Å²) in [6.07, 6.45) is 0. The normalized spacial score (nSPS) is 13.2. The molecule has 2 aliphatic rings. The number of anilines is 3. The van der Waals surface area contributed by atoms with Gasteiger partial charge in [-0.15, -0.1) is 0 Å². The summed E-state index contributed by atoms with van der Waals surface area (Å²) in [5, 5.41) is 2.54. The topological polar surface area (TPSA) is 3.24 Å². The van der Waals surface area contributed by atoms with Gasteiger partial charge in [0, 0.05) is 22.5 Å². The summed E-state index contributed by atoms with van der Waals surface area (Å²) in [5.41, 5.74) is 16.1. The van der Waals surface area contributed by atoms with Crippen LogP contribution < -0.4 is 4.90 Å². The van der Waals surface area contributed by atoms with Gasteiger partial charge < -0.3 is 4.90 Å². The number of para-hydroxylation sites is 2. The van der Waals surface area contributed by atoms with E-state index in [2.05, 4.69) is 193 Å². The smallest absolute Gasteiger partial charge is 0.0732 e. The molecule has 0 fully saturated rings. The molecule has 0 aliphatic heterocycles. The lowest BCUT2D eigenvalue weighted by atomic mass is 9.69. The number of hydrogen-bond donors (Lipinski definition) is 0. The van der Waals surface area contributed by atoms with Gasteiger partial charge in [0.15, 0.2) is 0 Å². The van der Waals surface area contributed by atoms with Crippen LogP contribution in [0.3, 0.4) is 0 Å². The molecule has 224 valence electrons. The number of hydrogen-bond acceptors (Lipinski definition) is 1. The minimum atomic E-state index is -0.471. The Morgan fingerprint density at radius 1 is 0.333 bits per heavy atom. The van der Waals surface area contributed by atoms with Gasteiger partial charge in [-0.3, -0.25) is 0 Å². The Hall–Kier alpha value is -6.18. The van der Waals surface area contributed by atoms with Gasteiger partial charge in [-0.25, -0.2) is 0 Å². The van der Waals surface area contributed by atoms with E-state index < -0.39 is 5.41 Å². The first-order valence-corrected chi connectivity index (χ1v) is 16.7. The maximum absolute atomic E-state index is 2.50.